The largest absolute Gasteiger partial charge is 0.504 e. The number of aromatic carboxylic acids is 1. The smallest absolute Gasteiger partial charge is 0.344 e. The van der Waals surface area contributed by atoms with E-state index >= 15 is 0 Å². The number of hydrogen-bond acceptors (Lipinski definition) is 17. The first kappa shape index (κ1) is 42.0. The van der Waals surface area contributed by atoms with Gasteiger partial charge in [-0.05, 0) is 12.5 Å². The van der Waals surface area contributed by atoms with Crippen molar-refractivity contribution >= 4 is 23.6 Å². The summed E-state index contributed by atoms with van der Waals surface area (Å²) < 4.78 is 32.8. The molecule has 1 heterocycles. The fourth-order valence-electron chi connectivity index (χ4n) is 5.19. The number of anilines is 1. The minimum atomic E-state index is -2.40. The molecule has 300 valence electrons. The van der Waals surface area contributed by atoms with Gasteiger partial charge in [0.15, 0.2) is 41.8 Å². The van der Waals surface area contributed by atoms with Gasteiger partial charge in [0, 0.05) is 37.7 Å². The van der Waals surface area contributed by atoms with Gasteiger partial charge in [-0.15, -0.1) is 0 Å². The number of nitrogens with one attached hydrogen (secondary N) is 2. The number of methoxy groups -OCH3 is 1. The van der Waals surface area contributed by atoms with Gasteiger partial charge in [-0.3, -0.25) is 4.99 Å². The number of carbonyl (C=O) groups is 2. The van der Waals surface area contributed by atoms with Crippen LogP contribution in [0.3, 0.4) is 0 Å². The number of esters is 1. The van der Waals surface area contributed by atoms with Crippen LogP contribution in [0.15, 0.2) is 53.5 Å². The van der Waals surface area contributed by atoms with Crippen molar-refractivity contribution < 1.29 is 78.9 Å². The highest BCUT2D eigenvalue weighted by Gasteiger charge is 2.49. The van der Waals surface area contributed by atoms with Crippen molar-refractivity contribution in [2.24, 2.45) is 10.7 Å². The minimum Gasteiger partial charge on any atom is -0.504 e. The van der Waals surface area contributed by atoms with Crippen LogP contribution in [0.5, 0.6) is 34.5 Å². The Morgan fingerprint density at radius 2 is 1.65 bits per heavy atom. The number of rotatable bonds is 17. The Balaban J connectivity index is 1.59. The molecule has 20 heteroatoms. The number of aliphatic hydroxyl groups is 5. The lowest BCUT2D eigenvalue weighted by Crippen LogP contribution is -2.62. The molecule has 0 radical (unpaired) electrons. The molecule has 0 aliphatic carbocycles. The fourth-order valence-corrected chi connectivity index (χ4v) is 5.19. The molecule has 0 bridgehead atoms. The molecule has 7 unspecified atom stereocenters. The van der Waals surface area contributed by atoms with E-state index in [1.165, 1.54) is 14.2 Å². The Kier molecular flexibility index (Phi) is 14.5. The molecule has 3 aromatic rings. The van der Waals surface area contributed by atoms with Crippen molar-refractivity contribution in [3.05, 3.63) is 65.2 Å². The molecule has 1 aliphatic heterocycles. The number of nitrogens with two attached hydrogens (primary N) is 1. The maximum Gasteiger partial charge on any atom is 0.344 e. The predicted molar refractivity (Wildman–Crippen MR) is 190 cm³/mol. The number of hydrogen-bond donors (Lipinski definition) is 11. The first-order valence-electron chi connectivity index (χ1n) is 16.6. The van der Waals surface area contributed by atoms with Crippen LogP contribution in [-0.4, -0.2) is 136 Å². The number of guanidine groups is 1. The number of aliphatic hydroxyl groups excluding tert-OH is 5. The number of aliphatic imine (C=N–C) groups is 1. The number of aromatic hydroxyl groups is 2. The Morgan fingerprint density at radius 1 is 0.964 bits per heavy atom. The van der Waals surface area contributed by atoms with Crippen molar-refractivity contribution in [3.8, 4) is 34.5 Å². The van der Waals surface area contributed by atoms with Crippen molar-refractivity contribution in [1.82, 2.24) is 5.32 Å². The highest BCUT2D eigenvalue weighted by molar-refractivity contribution is 5.96. The lowest BCUT2D eigenvalue weighted by molar-refractivity contribution is -0.309. The number of ether oxygens (including phenoxy) is 6. The molecule has 0 spiro atoms. The highest BCUT2D eigenvalue weighted by Crippen LogP contribution is 2.46. The van der Waals surface area contributed by atoms with Crippen LogP contribution in [0, 0.1) is 0 Å². The van der Waals surface area contributed by atoms with Crippen molar-refractivity contribution in [1.29, 1.82) is 0 Å². The molecule has 0 aromatic heterocycles. The topological polar surface area (TPSA) is 314 Å². The normalized spacial score (nSPS) is 20.8. The van der Waals surface area contributed by atoms with Crippen LogP contribution in [0.2, 0.25) is 0 Å². The van der Waals surface area contributed by atoms with Gasteiger partial charge in [-0.2, -0.15) is 0 Å². The molecule has 3 aromatic carbocycles. The van der Waals surface area contributed by atoms with E-state index in [1.54, 1.807) is 6.92 Å². The number of benzene rings is 3. The first-order valence-corrected chi connectivity index (χ1v) is 16.6. The van der Waals surface area contributed by atoms with E-state index < -0.39 is 84.4 Å². The van der Waals surface area contributed by atoms with E-state index in [4.69, 9.17) is 34.2 Å². The zero-order chi connectivity index (χ0) is 40.4. The number of carboxylic acids is 1. The van der Waals surface area contributed by atoms with E-state index in [0.717, 1.165) is 23.8 Å². The molecular formula is C35H44N4O16. The number of carbonyl (C=O) groups excluding carboxylic acids is 1. The third-order valence-electron chi connectivity index (χ3n) is 8.18. The lowest BCUT2D eigenvalue weighted by atomic mass is 9.98. The molecule has 1 fully saturated rings. The van der Waals surface area contributed by atoms with Gasteiger partial charge in [-0.25, -0.2) is 9.59 Å². The molecule has 20 nitrogen and oxygen atoms in total. The molecule has 12 N–H and O–H groups in total. The van der Waals surface area contributed by atoms with E-state index in [1.807, 2.05) is 30.3 Å². The number of phenolic OH excluding ortho intramolecular Hbond substituents is 2. The zero-order valence-corrected chi connectivity index (χ0v) is 29.9. The summed E-state index contributed by atoms with van der Waals surface area (Å²) in [5.41, 5.74) is 5.49. The minimum absolute atomic E-state index is 0.0311. The highest BCUT2D eigenvalue weighted by atomic mass is 16.7. The summed E-state index contributed by atoms with van der Waals surface area (Å²) in [4.78, 5) is 29.1. The molecule has 1 saturated heterocycles. The Hall–Kier alpha value is -5.77. The third-order valence-corrected chi connectivity index (χ3v) is 8.18. The summed E-state index contributed by atoms with van der Waals surface area (Å²) in [6.07, 6.45) is -12.2. The summed E-state index contributed by atoms with van der Waals surface area (Å²) in [7, 11) is 2.57. The monoisotopic (exact) mass is 776 g/mol. The number of phenols is 2. The van der Waals surface area contributed by atoms with E-state index in [-0.39, 0.29) is 47.8 Å². The van der Waals surface area contributed by atoms with Gasteiger partial charge < -0.3 is 85.6 Å². The summed E-state index contributed by atoms with van der Waals surface area (Å²) in [6, 6.07) is 11.6. The fraction of sp³-hybridized carbons (Fsp3) is 0.400. The van der Waals surface area contributed by atoms with E-state index in [2.05, 4.69) is 15.6 Å². The van der Waals surface area contributed by atoms with Crippen LogP contribution in [0.25, 0.3) is 0 Å². The van der Waals surface area contributed by atoms with Gasteiger partial charge in [0.05, 0.1) is 31.6 Å². The summed E-state index contributed by atoms with van der Waals surface area (Å²) in [5, 5.41) is 89.6. The van der Waals surface area contributed by atoms with Crippen molar-refractivity contribution in [2.75, 3.05) is 39.4 Å². The van der Waals surface area contributed by atoms with Crippen LogP contribution in [0.4, 0.5) is 5.69 Å². The van der Waals surface area contributed by atoms with Crippen molar-refractivity contribution in [3.63, 3.8) is 0 Å². The second kappa shape index (κ2) is 19.0. The Bertz CT molecular complexity index is 1810. The van der Waals surface area contributed by atoms with Gasteiger partial charge in [0.25, 0.3) is 0 Å². The third kappa shape index (κ3) is 10.3. The Morgan fingerprint density at radius 3 is 2.29 bits per heavy atom. The average Bonchev–Trinajstić information content (AvgIpc) is 3.16. The second-order valence-electron chi connectivity index (χ2n) is 12.0. The molecule has 0 saturated carbocycles. The maximum atomic E-state index is 13.3. The zero-order valence-electron chi connectivity index (χ0n) is 29.9. The molecule has 0 amide bonds. The van der Waals surface area contributed by atoms with Gasteiger partial charge in [-0.1, -0.05) is 30.3 Å². The second-order valence-corrected chi connectivity index (χ2v) is 12.0. The quantitative estimate of drug-likeness (QED) is 0.0355. The Labute approximate surface area is 313 Å². The van der Waals surface area contributed by atoms with Gasteiger partial charge in [0.1, 0.15) is 23.9 Å². The standard InChI is InChI=1S/C35H44N4O16/c1-16(14-40)39-20-13-22(21(11-18(20)31(46)47)52-15-38-35(36)37-2)53-34-28(45)26(43)27(44)30(54-34)33(49)55-32(48)19-12-23(50-3)25(42)29(24(19)41)51-10-9-17-7-5-4-6-8-17/h4-8,11-13,16,26-28,30,33-34,39-45,49H,9-10,14-15H2,1-3H3,(H,46,47)(H3,36,37,38). The van der Waals surface area contributed by atoms with Crippen LogP contribution < -0.4 is 35.3 Å². The molecular weight excluding hydrogens is 732 g/mol. The van der Waals surface area contributed by atoms with Crippen LogP contribution in [-0.2, 0) is 15.9 Å². The molecule has 4 rings (SSSR count). The molecule has 1 aliphatic rings. The first-order chi connectivity index (χ1) is 26.2. The average molecular weight is 777 g/mol. The van der Waals surface area contributed by atoms with Crippen LogP contribution >= 0.6 is 0 Å². The molecule has 7 atom stereocenters. The number of carboxylic acid groups (broad SMARTS) is 1. The number of nitrogens with zero attached hydrogens (tertiary/aromatic N) is 1. The van der Waals surface area contributed by atoms with E-state index in [0.29, 0.717) is 6.42 Å². The van der Waals surface area contributed by atoms with Crippen molar-refractivity contribution in [2.45, 2.75) is 56.4 Å². The van der Waals surface area contributed by atoms with Gasteiger partial charge in [0.2, 0.25) is 24.1 Å². The van der Waals surface area contributed by atoms with Gasteiger partial charge >= 0.3 is 11.9 Å². The SMILES string of the molecule is CN=C(N)NCOc1cc(C(=O)O)c(NC(C)CO)cc1OC1OC(C(O)OC(=O)c2cc(OC)c(O)c(OCCc3ccccc3)c2O)C(O)C(O)C1O. The maximum absolute atomic E-state index is 13.3. The summed E-state index contributed by atoms with van der Waals surface area (Å²) in [6.45, 7) is 0.762. The summed E-state index contributed by atoms with van der Waals surface area (Å²) >= 11 is 0. The van der Waals surface area contributed by atoms with E-state index in [9.17, 15) is 50.4 Å². The summed E-state index contributed by atoms with van der Waals surface area (Å²) in [5.74, 6) is -5.72. The van der Waals surface area contributed by atoms with Crippen LogP contribution in [0.1, 0.15) is 33.2 Å². The predicted octanol–water partition coefficient (Wildman–Crippen LogP) is -0.549. The lowest BCUT2D eigenvalue weighted by Gasteiger charge is -2.41. The molecule has 55 heavy (non-hydrogen) atoms.